The number of nitrogens with one attached hydrogen (secondary N) is 2. The normalized spacial score (nSPS) is 13.2. The minimum Gasteiger partial charge on any atom is -0.494 e. The topological polar surface area (TPSA) is 105 Å². The molecule has 0 aromatic heterocycles. The largest absolute Gasteiger partial charge is 0.494 e. The zero-order chi connectivity index (χ0) is 22.9. The summed E-state index contributed by atoms with van der Waals surface area (Å²) >= 11 is 0. The van der Waals surface area contributed by atoms with Crippen LogP contribution in [0.3, 0.4) is 0 Å². The van der Waals surface area contributed by atoms with Crippen molar-refractivity contribution in [1.29, 1.82) is 0 Å². The maximum Gasteiger partial charge on any atom is 0.269 e. The van der Waals surface area contributed by atoms with Gasteiger partial charge in [-0.2, -0.15) is 0 Å². The van der Waals surface area contributed by atoms with Crippen molar-refractivity contribution in [3.63, 3.8) is 0 Å². The van der Waals surface area contributed by atoms with Crippen LogP contribution in [0.2, 0.25) is 0 Å². The van der Waals surface area contributed by atoms with Crippen molar-refractivity contribution in [2.75, 3.05) is 11.5 Å². The molecule has 1 heterocycles. The number of hydrazine groups is 1. The van der Waals surface area contributed by atoms with Gasteiger partial charge < -0.3 is 4.74 Å². The van der Waals surface area contributed by atoms with Gasteiger partial charge in [0.2, 0.25) is 11.8 Å². The van der Waals surface area contributed by atoms with Crippen LogP contribution in [-0.2, 0) is 9.59 Å². The fourth-order valence-electron chi connectivity index (χ4n) is 3.31. The molecule has 1 fully saturated rings. The van der Waals surface area contributed by atoms with Gasteiger partial charge in [0.15, 0.2) is 0 Å². The third kappa shape index (κ3) is 5.94. The number of benzene rings is 2. The second kappa shape index (κ2) is 11.1. The molecule has 32 heavy (non-hydrogen) atoms. The Bertz CT molecular complexity index is 954. The fraction of sp³-hybridized carbons (Fsp3) is 0.333. The molecule has 0 unspecified atom stereocenters. The van der Waals surface area contributed by atoms with Gasteiger partial charge in [0, 0.05) is 24.0 Å². The molecule has 2 aromatic carbocycles. The summed E-state index contributed by atoms with van der Waals surface area (Å²) in [7, 11) is 0. The van der Waals surface area contributed by atoms with Gasteiger partial charge in [-0.05, 0) is 55.0 Å². The molecule has 168 valence electrons. The lowest BCUT2D eigenvalue weighted by Crippen LogP contribution is -2.41. The number of unbranched alkanes of at least 4 members (excludes halogenated alkanes) is 3. The Morgan fingerprint density at radius 1 is 0.812 bits per heavy atom. The molecule has 2 aromatic rings. The van der Waals surface area contributed by atoms with Gasteiger partial charge >= 0.3 is 0 Å². The fourth-order valence-corrected chi connectivity index (χ4v) is 3.31. The van der Waals surface area contributed by atoms with Crippen LogP contribution in [0.25, 0.3) is 0 Å². The van der Waals surface area contributed by atoms with Crippen LogP contribution in [-0.4, -0.2) is 30.2 Å². The average Bonchev–Trinajstić information content (AvgIpc) is 3.15. The van der Waals surface area contributed by atoms with E-state index in [-0.39, 0.29) is 30.2 Å². The van der Waals surface area contributed by atoms with E-state index in [0.29, 0.717) is 23.6 Å². The number of ether oxygens (including phenoxy) is 1. The number of hydrogen-bond acceptors (Lipinski definition) is 5. The summed E-state index contributed by atoms with van der Waals surface area (Å²) in [5.41, 5.74) is 5.80. The van der Waals surface area contributed by atoms with Crippen LogP contribution in [0.1, 0.15) is 66.2 Å². The maximum absolute atomic E-state index is 12.3. The lowest BCUT2D eigenvalue weighted by Gasteiger charge is -2.14. The highest BCUT2D eigenvalue weighted by Crippen LogP contribution is 2.22. The third-order valence-electron chi connectivity index (χ3n) is 5.11. The van der Waals surface area contributed by atoms with Crippen LogP contribution in [0, 0.1) is 0 Å². The van der Waals surface area contributed by atoms with E-state index in [9.17, 15) is 19.2 Å². The van der Waals surface area contributed by atoms with Gasteiger partial charge in [-0.1, -0.05) is 26.2 Å². The van der Waals surface area contributed by atoms with Crippen LogP contribution < -0.4 is 20.5 Å². The Labute approximate surface area is 186 Å². The highest BCUT2D eigenvalue weighted by molar-refractivity contribution is 6.19. The molecular weight excluding hydrogens is 410 g/mol. The second-order valence-corrected chi connectivity index (χ2v) is 7.51. The van der Waals surface area contributed by atoms with E-state index in [4.69, 9.17) is 4.74 Å². The van der Waals surface area contributed by atoms with Gasteiger partial charge in [0.05, 0.1) is 12.3 Å². The van der Waals surface area contributed by atoms with Gasteiger partial charge in [-0.25, -0.2) is 0 Å². The molecule has 1 aliphatic rings. The average molecular weight is 437 g/mol. The van der Waals surface area contributed by atoms with Crippen LogP contribution >= 0.6 is 0 Å². The molecule has 8 heteroatoms. The molecule has 1 saturated heterocycles. The molecule has 8 nitrogen and oxygen atoms in total. The molecule has 0 aliphatic carbocycles. The lowest BCUT2D eigenvalue weighted by atomic mass is 10.2. The number of nitrogens with zero attached hydrogens (tertiary/aromatic N) is 1. The molecule has 0 bridgehead atoms. The number of carbonyl (C=O) groups is 4. The van der Waals surface area contributed by atoms with Gasteiger partial charge in [0.1, 0.15) is 5.75 Å². The third-order valence-corrected chi connectivity index (χ3v) is 5.11. The summed E-state index contributed by atoms with van der Waals surface area (Å²) in [6.45, 7) is 2.80. The molecule has 2 N–H and O–H groups in total. The zero-order valence-electron chi connectivity index (χ0n) is 18.1. The lowest BCUT2D eigenvalue weighted by molar-refractivity contribution is -0.121. The number of hydrogen-bond donors (Lipinski definition) is 2. The number of anilines is 1. The number of carbonyl (C=O) groups excluding carboxylic acids is 4. The van der Waals surface area contributed by atoms with E-state index >= 15 is 0 Å². The Morgan fingerprint density at radius 3 is 1.88 bits per heavy atom. The Kier molecular flexibility index (Phi) is 7.96. The number of rotatable bonds is 9. The molecule has 4 amide bonds. The second-order valence-electron chi connectivity index (χ2n) is 7.51. The van der Waals surface area contributed by atoms with E-state index in [1.807, 2.05) is 0 Å². The van der Waals surface area contributed by atoms with E-state index in [2.05, 4.69) is 17.8 Å². The van der Waals surface area contributed by atoms with Crippen molar-refractivity contribution in [2.24, 2.45) is 0 Å². The van der Waals surface area contributed by atoms with Crippen molar-refractivity contribution in [3.05, 3.63) is 59.7 Å². The summed E-state index contributed by atoms with van der Waals surface area (Å²) in [6, 6.07) is 12.7. The maximum atomic E-state index is 12.3. The highest BCUT2D eigenvalue weighted by Gasteiger charge is 2.30. The minimum atomic E-state index is -0.518. The Hall–Kier alpha value is -3.68. The molecule has 0 saturated carbocycles. The van der Waals surface area contributed by atoms with Crippen molar-refractivity contribution in [3.8, 4) is 5.75 Å². The Morgan fingerprint density at radius 2 is 1.34 bits per heavy atom. The van der Waals surface area contributed by atoms with E-state index in [1.165, 1.54) is 37.1 Å². The Balaban J connectivity index is 1.47. The van der Waals surface area contributed by atoms with Gasteiger partial charge in [-0.3, -0.25) is 34.9 Å². The zero-order valence-corrected chi connectivity index (χ0v) is 18.1. The summed E-state index contributed by atoms with van der Waals surface area (Å²) < 4.78 is 5.66. The molecule has 3 rings (SSSR count). The predicted octanol–water partition coefficient (Wildman–Crippen LogP) is 3.37. The van der Waals surface area contributed by atoms with Gasteiger partial charge in [0.25, 0.3) is 11.8 Å². The first-order chi connectivity index (χ1) is 15.5. The summed E-state index contributed by atoms with van der Waals surface area (Å²) in [4.78, 5) is 49.3. The smallest absolute Gasteiger partial charge is 0.269 e. The SMILES string of the molecule is CCCCCCOc1ccc(C(=O)NNC(=O)c2ccc(N3C(=O)CCC3=O)cc2)cc1. The monoisotopic (exact) mass is 437 g/mol. The predicted molar refractivity (Wildman–Crippen MR) is 119 cm³/mol. The molecular formula is C24H27N3O5. The van der Waals surface area contributed by atoms with Crippen molar-refractivity contribution in [2.45, 2.75) is 45.4 Å². The summed E-state index contributed by atoms with van der Waals surface area (Å²) in [5.74, 6) is -0.800. The first kappa shape index (κ1) is 23.0. The molecule has 0 radical (unpaired) electrons. The van der Waals surface area contributed by atoms with Gasteiger partial charge in [-0.15, -0.1) is 0 Å². The van der Waals surface area contributed by atoms with E-state index in [0.717, 1.165) is 17.7 Å². The van der Waals surface area contributed by atoms with Crippen molar-refractivity contribution in [1.82, 2.24) is 10.9 Å². The first-order valence-corrected chi connectivity index (χ1v) is 10.8. The van der Waals surface area contributed by atoms with Crippen molar-refractivity contribution < 1.29 is 23.9 Å². The molecule has 0 atom stereocenters. The minimum absolute atomic E-state index is 0.194. The van der Waals surface area contributed by atoms with Crippen LogP contribution in [0.15, 0.2) is 48.5 Å². The molecule has 1 aliphatic heterocycles. The van der Waals surface area contributed by atoms with E-state index in [1.54, 1.807) is 24.3 Å². The first-order valence-electron chi connectivity index (χ1n) is 10.8. The summed E-state index contributed by atoms with van der Waals surface area (Å²) in [6.07, 6.45) is 4.88. The molecule has 0 spiro atoms. The quantitative estimate of drug-likeness (QED) is 0.356. The summed E-state index contributed by atoms with van der Waals surface area (Å²) in [5, 5.41) is 0. The van der Waals surface area contributed by atoms with E-state index < -0.39 is 11.8 Å². The van der Waals surface area contributed by atoms with Crippen LogP contribution in [0.4, 0.5) is 5.69 Å². The number of imide groups is 1. The highest BCUT2D eigenvalue weighted by atomic mass is 16.5. The number of amides is 4. The van der Waals surface area contributed by atoms with Crippen molar-refractivity contribution >= 4 is 29.3 Å². The standard InChI is InChI=1S/C24H27N3O5/c1-2-3-4-5-16-32-20-12-8-18(9-13-20)24(31)26-25-23(30)17-6-10-19(11-7-17)27-21(28)14-15-22(27)29/h6-13H,2-5,14-16H2,1H3,(H,25,30)(H,26,31). The van der Waals surface area contributed by atoms with Crippen LogP contribution in [0.5, 0.6) is 5.75 Å².